The summed E-state index contributed by atoms with van der Waals surface area (Å²) < 4.78 is 26.7. The van der Waals surface area contributed by atoms with Crippen LogP contribution in [0.15, 0.2) is 24.3 Å². The summed E-state index contributed by atoms with van der Waals surface area (Å²) in [5.74, 6) is 0.0563. The molecule has 5 heteroatoms. The molecule has 0 unspecified atom stereocenters. The van der Waals surface area contributed by atoms with Crippen molar-refractivity contribution in [1.29, 1.82) is 0 Å². The van der Waals surface area contributed by atoms with Crippen LogP contribution in [-0.2, 0) is 22.3 Å². The van der Waals surface area contributed by atoms with Crippen LogP contribution in [0.1, 0.15) is 50.7 Å². The largest absolute Gasteiger partial charge is 0.313 e. The van der Waals surface area contributed by atoms with Gasteiger partial charge in [-0.1, -0.05) is 57.4 Å². The third-order valence-corrected chi connectivity index (χ3v) is 4.64. The number of unbranched alkanes of at least 4 members (excludes halogenated alkanes) is 3. The molecule has 0 spiro atoms. The first-order chi connectivity index (χ1) is 10.1. The van der Waals surface area contributed by atoms with E-state index in [0.29, 0.717) is 6.54 Å². The van der Waals surface area contributed by atoms with E-state index in [1.807, 2.05) is 24.3 Å². The molecule has 0 bridgehead atoms. The summed E-state index contributed by atoms with van der Waals surface area (Å²) >= 11 is 0. The van der Waals surface area contributed by atoms with Crippen molar-refractivity contribution in [3.8, 4) is 0 Å². The van der Waals surface area contributed by atoms with Crippen LogP contribution in [0, 0.1) is 0 Å². The van der Waals surface area contributed by atoms with E-state index in [-0.39, 0.29) is 5.75 Å². The van der Waals surface area contributed by atoms with Gasteiger partial charge >= 0.3 is 0 Å². The number of sulfonamides is 1. The summed E-state index contributed by atoms with van der Waals surface area (Å²) in [6.45, 7) is 6.41. The van der Waals surface area contributed by atoms with Gasteiger partial charge in [0.2, 0.25) is 10.0 Å². The van der Waals surface area contributed by atoms with E-state index in [1.165, 1.54) is 0 Å². The molecule has 0 saturated carbocycles. The smallest absolute Gasteiger partial charge is 0.215 e. The number of benzene rings is 1. The van der Waals surface area contributed by atoms with E-state index in [0.717, 1.165) is 49.9 Å². The topological polar surface area (TPSA) is 58.2 Å². The summed E-state index contributed by atoms with van der Waals surface area (Å²) in [7, 11) is -3.23. The minimum atomic E-state index is -3.23. The summed E-state index contributed by atoms with van der Waals surface area (Å²) in [4.78, 5) is 0. The van der Waals surface area contributed by atoms with Gasteiger partial charge in [0, 0.05) is 13.1 Å². The van der Waals surface area contributed by atoms with Gasteiger partial charge < -0.3 is 5.32 Å². The maximum absolute atomic E-state index is 12.0. The molecule has 1 rings (SSSR count). The molecule has 120 valence electrons. The van der Waals surface area contributed by atoms with Gasteiger partial charge in [-0.25, -0.2) is 13.1 Å². The molecule has 0 radical (unpaired) electrons. The molecule has 0 aliphatic rings. The summed E-state index contributed by atoms with van der Waals surface area (Å²) in [6, 6.07) is 7.75. The second kappa shape index (κ2) is 9.92. The minimum absolute atomic E-state index is 0.0563. The van der Waals surface area contributed by atoms with Gasteiger partial charge in [0.25, 0.3) is 0 Å². The fourth-order valence-electron chi connectivity index (χ4n) is 2.15. The summed E-state index contributed by atoms with van der Waals surface area (Å²) in [5, 5.41) is 3.24. The van der Waals surface area contributed by atoms with Crippen molar-refractivity contribution in [2.45, 2.75) is 51.8 Å². The first-order valence-electron chi connectivity index (χ1n) is 7.83. The molecule has 1 aromatic carbocycles. The van der Waals surface area contributed by atoms with E-state index in [9.17, 15) is 8.42 Å². The van der Waals surface area contributed by atoms with Crippen LogP contribution in [0.3, 0.4) is 0 Å². The van der Waals surface area contributed by atoms with Crippen molar-refractivity contribution in [2.24, 2.45) is 0 Å². The Kier molecular flexibility index (Phi) is 8.57. The van der Waals surface area contributed by atoms with Crippen LogP contribution in [0.4, 0.5) is 0 Å². The Morgan fingerprint density at radius 3 is 2.52 bits per heavy atom. The molecule has 0 aliphatic heterocycles. The molecule has 1 aromatic rings. The van der Waals surface area contributed by atoms with Crippen LogP contribution >= 0.6 is 0 Å². The fourth-order valence-corrected chi connectivity index (χ4v) is 3.32. The zero-order valence-corrected chi connectivity index (χ0v) is 14.0. The van der Waals surface area contributed by atoms with Gasteiger partial charge in [0.05, 0.1) is 5.75 Å². The lowest BCUT2D eigenvalue weighted by Crippen LogP contribution is -2.26. The van der Waals surface area contributed by atoms with Gasteiger partial charge in [-0.15, -0.1) is 0 Å². The Balaban J connectivity index is 2.46. The van der Waals surface area contributed by atoms with Gasteiger partial charge in [0.1, 0.15) is 0 Å². The van der Waals surface area contributed by atoms with Crippen LogP contribution in [0.25, 0.3) is 0 Å². The predicted octanol–water partition coefficient (Wildman–Crippen LogP) is 2.80. The highest BCUT2D eigenvalue weighted by atomic mass is 32.2. The lowest BCUT2D eigenvalue weighted by molar-refractivity contribution is 0.573. The molecule has 0 atom stereocenters. The van der Waals surface area contributed by atoms with Gasteiger partial charge in [-0.3, -0.25) is 0 Å². The Labute approximate surface area is 129 Å². The van der Waals surface area contributed by atoms with Gasteiger partial charge in [-0.05, 0) is 24.1 Å². The third kappa shape index (κ3) is 8.19. The maximum Gasteiger partial charge on any atom is 0.215 e. The molecule has 0 aromatic heterocycles. The van der Waals surface area contributed by atoms with Crippen LogP contribution in [0.2, 0.25) is 0 Å². The number of nitrogens with one attached hydrogen (secondary N) is 2. The first-order valence-corrected chi connectivity index (χ1v) is 9.48. The zero-order chi connectivity index (χ0) is 15.6. The number of hydrogen-bond donors (Lipinski definition) is 2. The van der Waals surface area contributed by atoms with E-state index in [4.69, 9.17) is 0 Å². The Morgan fingerprint density at radius 2 is 1.81 bits per heavy atom. The third-order valence-electron chi connectivity index (χ3n) is 3.28. The van der Waals surface area contributed by atoms with Crippen LogP contribution < -0.4 is 10.0 Å². The summed E-state index contributed by atoms with van der Waals surface area (Å²) in [5.41, 5.74) is 1.96. The molecular formula is C16H28N2O2S. The fraction of sp³-hybridized carbons (Fsp3) is 0.625. The predicted molar refractivity (Wildman–Crippen MR) is 88.6 cm³/mol. The molecule has 0 fully saturated rings. The lowest BCUT2D eigenvalue weighted by atomic mass is 10.1. The highest BCUT2D eigenvalue weighted by Crippen LogP contribution is 2.09. The average Bonchev–Trinajstić information content (AvgIpc) is 2.44. The maximum atomic E-state index is 12.0. The molecule has 0 amide bonds. The average molecular weight is 312 g/mol. The molecular weight excluding hydrogens is 284 g/mol. The highest BCUT2D eigenvalue weighted by molar-refractivity contribution is 7.88. The van der Waals surface area contributed by atoms with E-state index >= 15 is 0 Å². The zero-order valence-electron chi connectivity index (χ0n) is 13.2. The van der Waals surface area contributed by atoms with E-state index < -0.39 is 10.0 Å². The van der Waals surface area contributed by atoms with Gasteiger partial charge in [-0.2, -0.15) is 0 Å². The van der Waals surface area contributed by atoms with Crippen molar-refractivity contribution in [3.63, 3.8) is 0 Å². The quantitative estimate of drug-likeness (QED) is 0.618. The van der Waals surface area contributed by atoms with Crippen molar-refractivity contribution in [1.82, 2.24) is 10.0 Å². The van der Waals surface area contributed by atoms with Crippen molar-refractivity contribution < 1.29 is 8.42 Å². The molecule has 4 nitrogen and oxygen atoms in total. The van der Waals surface area contributed by atoms with E-state index in [1.54, 1.807) is 0 Å². The lowest BCUT2D eigenvalue weighted by Gasteiger charge is -2.08. The molecule has 2 N–H and O–H groups in total. The first kappa shape index (κ1) is 18.1. The Hall–Kier alpha value is -0.910. The molecule has 21 heavy (non-hydrogen) atoms. The molecule has 0 saturated heterocycles. The normalized spacial score (nSPS) is 11.7. The number of rotatable bonds is 11. The molecule has 0 aliphatic carbocycles. The van der Waals surface area contributed by atoms with Crippen LogP contribution in [0.5, 0.6) is 0 Å². The summed E-state index contributed by atoms with van der Waals surface area (Å²) in [6.07, 6.45) is 4.31. The van der Waals surface area contributed by atoms with Crippen LogP contribution in [-0.4, -0.2) is 21.5 Å². The second-order valence-electron chi connectivity index (χ2n) is 5.31. The highest BCUT2D eigenvalue weighted by Gasteiger charge is 2.11. The standard InChI is InChI=1S/C16H28N2O2S/c1-3-5-6-7-11-18-21(19,20)14-16-10-8-9-15(12-16)13-17-4-2/h8-10,12,17-18H,3-7,11,13-14H2,1-2H3. The minimum Gasteiger partial charge on any atom is -0.313 e. The monoisotopic (exact) mass is 312 g/mol. The second-order valence-corrected chi connectivity index (χ2v) is 7.12. The number of hydrogen-bond acceptors (Lipinski definition) is 3. The van der Waals surface area contributed by atoms with Crippen molar-refractivity contribution >= 4 is 10.0 Å². The Bertz CT molecular complexity index is 501. The van der Waals surface area contributed by atoms with Crippen molar-refractivity contribution in [3.05, 3.63) is 35.4 Å². The SMILES string of the molecule is CCCCCCNS(=O)(=O)Cc1cccc(CNCC)c1. The molecule has 0 heterocycles. The van der Waals surface area contributed by atoms with Crippen molar-refractivity contribution in [2.75, 3.05) is 13.1 Å². The van der Waals surface area contributed by atoms with Gasteiger partial charge in [0.15, 0.2) is 0 Å². The van der Waals surface area contributed by atoms with E-state index in [2.05, 4.69) is 23.9 Å². The Morgan fingerprint density at radius 1 is 1.05 bits per heavy atom.